The molecule has 0 saturated heterocycles. The van der Waals surface area contributed by atoms with E-state index in [0.717, 1.165) is 0 Å². The average molecular weight is 256 g/mol. The van der Waals surface area contributed by atoms with Crippen molar-refractivity contribution in [3.05, 3.63) is 39.6 Å². The molecule has 0 unspecified atom stereocenters. The summed E-state index contributed by atoms with van der Waals surface area (Å²) in [6.45, 7) is 0.188. The molecule has 0 heterocycles. The van der Waals surface area contributed by atoms with E-state index < -0.39 is 5.82 Å². The second kappa shape index (κ2) is 5.44. The number of rotatable bonds is 3. The highest BCUT2D eigenvalue weighted by atomic mass is 35.5. The third kappa shape index (κ3) is 3.74. The van der Waals surface area contributed by atoms with Gasteiger partial charge in [0.2, 0.25) is 0 Å². The van der Waals surface area contributed by atoms with Crippen LogP contribution in [0.1, 0.15) is 0 Å². The van der Waals surface area contributed by atoms with Crippen LogP contribution in [0.5, 0.6) is 5.75 Å². The van der Waals surface area contributed by atoms with Gasteiger partial charge in [0.1, 0.15) is 22.7 Å². The summed E-state index contributed by atoms with van der Waals surface area (Å²) in [5.74, 6) is -0.0211. The van der Waals surface area contributed by atoms with E-state index in [-0.39, 0.29) is 16.1 Å². The molecule has 0 fully saturated rings. The SMILES string of the molecule is Fc1ccc(OCC=C(Cl)Cl)c(Cl)c1. The number of ether oxygens (including phenoxy) is 1. The van der Waals surface area contributed by atoms with Gasteiger partial charge in [0.15, 0.2) is 0 Å². The molecule has 76 valence electrons. The van der Waals surface area contributed by atoms with Crippen molar-refractivity contribution in [1.29, 1.82) is 0 Å². The first-order valence-electron chi connectivity index (χ1n) is 3.68. The van der Waals surface area contributed by atoms with Gasteiger partial charge in [-0.25, -0.2) is 4.39 Å². The van der Waals surface area contributed by atoms with Crippen molar-refractivity contribution in [3.8, 4) is 5.75 Å². The Balaban J connectivity index is 2.64. The zero-order valence-corrected chi connectivity index (χ0v) is 9.20. The largest absolute Gasteiger partial charge is 0.488 e. The molecule has 0 atom stereocenters. The Morgan fingerprint density at radius 2 is 2.14 bits per heavy atom. The monoisotopic (exact) mass is 254 g/mol. The van der Waals surface area contributed by atoms with Crippen molar-refractivity contribution in [2.24, 2.45) is 0 Å². The number of hydrogen-bond acceptors (Lipinski definition) is 1. The smallest absolute Gasteiger partial charge is 0.138 e. The summed E-state index contributed by atoms with van der Waals surface area (Å²) in [5.41, 5.74) is 0. The van der Waals surface area contributed by atoms with Crippen molar-refractivity contribution in [1.82, 2.24) is 0 Å². The van der Waals surface area contributed by atoms with Crippen molar-refractivity contribution in [3.63, 3.8) is 0 Å². The number of benzene rings is 1. The van der Waals surface area contributed by atoms with E-state index in [1.165, 1.54) is 24.3 Å². The topological polar surface area (TPSA) is 9.23 Å². The first-order valence-corrected chi connectivity index (χ1v) is 4.82. The van der Waals surface area contributed by atoms with Crippen LogP contribution in [0.25, 0.3) is 0 Å². The van der Waals surface area contributed by atoms with Gasteiger partial charge in [-0.3, -0.25) is 0 Å². The Kier molecular flexibility index (Phi) is 4.52. The van der Waals surface area contributed by atoms with Gasteiger partial charge in [-0.05, 0) is 24.3 Å². The van der Waals surface area contributed by atoms with Gasteiger partial charge in [-0.2, -0.15) is 0 Å². The molecule has 0 amide bonds. The molecule has 0 aliphatic rings. The minimum Gasteiger partial charge on any atom is -0.488 e. The lowest BCUT2D eigenvalue weighted by molar-refractivity contribution is 0.362. The van der Waals surface area contributed by atoms with Gasteiger partial charge in [0, 0.05) is 0 Å². The maximum absolute atomic E-state index is 12.6. The van der Waals surface area contributed by atoms with Crippen molar-refractivity contribution in [2.45, 2.75) is 0 Å². The van der Waals surface area contributed by atoms with Gasteiger partial charge in [0.25, 0.3) is 0 Å². The summed E-state index contributed by atoms with van der Waals surface area (Å²) in [5, 5.41) is 0.212. The maximum atomic E-state index is 12.6. The Morgan fingerprint density at radius 1 is 1.43 bits per heavy atom. The van der Waals surface area contributed by atoms with E-state index in [2.05, 4.69) is 0 Å². The molecular weight excluding hydrogens is 249 g/mol. The lowest BCUT2D eigenvalue weighted by Gasteiger charge is -2.04. The molecule has 14 heavy (non-hydrogen) atoms. The van der Waals surface area contributed by atoms with E-state index >= 15 is 0 Å². The zero-order chi connectivity index (χ0) is 10.6. The van der Waals surface area contributed by atoms with Crippen LogP contribution in [0.4, 0.5) is 4.39 Å². The molecule has 1 nitrogen and oxygen atoms in total. The minimum atomic E-state index is -0.409. The predicted molar refractivity (Wildman–Crippen MR) is 56.7 cm³/mol. The molecule has 0 saturated carbocycles. The van der Waals surface area contributed by atoms with Crippen LogP contribution in [0.15, 0.2) is 28.8 Å². The average Bonchev–Trinajstić information content (AvgIpc) is 2.08. The Labute approximate surface area is 96.0 Å². The molecule has 0 aliphatic heterocycles. The summed E-state index contributed by atoms with van der Waals surface area (Å²) < 4.78 is 17.9. The highest BCUT2D eigenvalue weighted by Gasteiger charge is 2.01. The lowest BCUT2D eigenvalue weighted by atomic mass is 10.3. The van der Waals surface area contributed by atoms with Crippen LogP contribution in [0.3, 0.4) is 0 Å². The summed E-state index contributed by atoms with van der Waals surface area (Å²) in [7, 11) is 0. The van der Waals surface area contributed by atoms with Gasteiger partial charge in [-0.15, -0.1) is 0 Å². The fourth-order valence-electron chi connectivity index (χ4n) is 0.787. The molecule has 5 heteroatoms. The first kappa shape index (κ1) is 11.6. The van der Waals surface area contributed by atoms with Gasteiger partial charge in [0.05, 0.1) is 5.02 Å². The third-order valence-electron chi connectivity index (χ3n) is 1.37. The summed E-state index contributed by atoms with van der Waals surface area (Å²) in [4.78, 5) is 0. The second-order valence-electron chi connectivity index (χ2n) is 2.38. The molecule has 0 N–H and O–H groups in total. The van der Waals surface area contributed by atoms with Crippen molar-refractivity contribution < 1.29 is 9.13 Å². The van der Waals surface area contributed by atoms with E-state index in [1.54, 1.807) is 0 Å². The van der Waals surface area contributed by atoms with Crippen LogP contribution in [-0.4, -0.2) is 6.61 Å². The number of hydrogen-bond donors (Lipinski definition) is 0. The molecule has 0 bridgehead atoms. The fraction of sp³-hybridized carbons (Fsp3) is 0.111. The van der Waals surface area contributed by atoms with Gasteiger partial charge in [-0.1, -0.05) is 34.8 Å². The Morgan fingerprint density at radius 3 is 2.71 bits per heavy atom. The molecular formula is C9H6Cl3FO. The molecule has 1 aromatic rings. The Bertz CT molecular complexity index is 348. The van der Waals surface area contributed by atoms with Crippen molar-refractivity contribution in [2.75, 3.05) is 6.61 Å². The standard InChI is InChI=1S/C9H6Cl3FO/c10-7-5-6(13)1-2-8(7)14-4-3-9(11)12/h1-3,5H,4H2. The minimum absolute atomic E-state index is 0.114. The summed E-state index contributed by atoms with van der Waals surface area (Å²) in [6.07, 6.45) is 1.46. The second-order valence-corrected chi connectivity index (χ2v) is 3.79. The molecule has 1 aromatic carbocycles. The highest BCUT2D eigenvalue weighted by molar-refractivity contribution is 6.55. The zero-order valence-electron chi connectivity index (χ0n) is 6.94. The van der Waals surface area contributed by atoms with Gasteiger partial charge < -0.3 is 4.74 Å². The first-order chi connectivity index (χ1) is 6.59. The quantitative estimate of drug-likeness (QED) is 0.787. The van der Waals surface area contributed by atoms with E-state index in [1.807, 2.05) is 0 Å². The number of halogens is 4. The van der Waals surface area contributed by atoms with Crippen LogP contribution in [0, 0.1) is 5.82 Å². The maximum Gasteiger partial charge on any atom is 0.138 e. The van der Waals surface area contributed by atoms with E-state index in [0.29, 0.717) is 5.75 Å². The van der Waals surface area contributed by atoms with Crippen LogP contribution >= 0.6 is 34.8 Å². The van der Waals surface area contributed by atoms with Crippen molar-refractivity contribution >= 4 is 34.8 Å². The lowest BCUT2D eigenvalue weighted by Crippen LogP contribution is -1.94. The summed E-state index contributed by atoms with van der Waals surface area (Å²) in [6, 6.07) is 3.86. The molecule has 0 spiro atoms. The molecule has 1 rings (SSSR count). The fourth-order valence-corrected chi connectivity index (χ4v) is 1.13. The van der Waals surface area contributed by atoms with Crippen LogP contribution in [0.2, 0.25) is 5.02 Å². The third-order valence-corrected chi connectivity index (χ3v) is 1.97. The van der Waals surface area contributed by atoms with E-state index in [4.69, 9.17) is 39.5 Å². The summed E-state index contributed by atoms with van der Waals surface area (Å²) >= 11 is 16.4. The predicted octanol–water partition coefficient (Wildman–Crippen LogP) is 4.18. The highest BCUT2D eigenvalue weighted by Crippen LogP contribution is 2.24. The normalized spacial score (nSPS) is 9.71. The van der Waals surface area contributed by atoms with Crippen LogP contribution in [-0.2, 0) is 0 Å². The Hall–Kier alpha value is -0.440. The van der Waals surface area contributed by atoms with Crippen LogP contribution < -0.4 is 4.74 Å². The van der Waals surface area contributed by atoms with E-state index in [9.17, 15) is 4.39 Å². The molecule has 0 radical (unpaired) electrons. The molecule has 0 aliphatic carbocycles. The van der Waals surface area contributed by atoms with Gasteiger partial charge >= 0.3 is 0 Å². The molecule has 0 aromatic heterocycles.